The van der Waals surface area contributed by atoms with Gasteiger partial charge in [-0.1, -0.05) is 11.6 Å². The second kappa shape index (κ2) is 5.92. The van der Waals surface area contributed by atoms with Crippen LogP contribution in [-0.2, 0) is 16.6 Å². The molecule has 1 heterocycles. The van der Waals surface area contributed by atoms with Gasteiger partial charge in [-0.15, -0.1) is 11.3 Å². The highest BCUT2D eigenvalue weighted by Gasteiger charge is 2.16. The van der Waals surface area contributed by atoms with Crippen LogP contribution < -0.4 is 10.0 Å². The molecule has 0 spiro atoms. The summed E-state index contributed by atoms with van der Waals surface area (Å²) in [7, 11) is -1.71. The minimum Gasteiger partial charge on any atom is -0.316 e. The maximum atomic E-state index is 12.2. The van der Waals surface area contributed by atoms with Gasteiger partial charge in [0.25, 0.3) is 10.0 Å². The highest BCUT2D eigenvalue weighted by Crippen LogP contribution is 2.23. The normalized spacial score (nSPS) is 11.5. The Morgan fingerprint density at radius 1 is 1.26 bits per heavy atom. The molecule has 1 aromatic carbocycles. The lowest BCUT2D eigenvalue weighted by molar-refractivity contribution is 0.603. The summed E-state index contributed by atoms with van der Waals surface area (Å²) in [4.78, 5) is 0. The summed E-state index contributed by atoms with van der Waals surface area (Å²) < 4.78 is 27.1. The van der Waals surface area contributed by atoms with E-state index in [1.54, 1.807) is 30.3 Å². The van der Waals surface area contributed by atoms with Crippen molar-refractivity contribution < 1.29 is 8.42 Å². The number of rotatable bonds is 5. The Balaban J connectivity index is 2.19. The number of hydrogen-bond acceptors (Lipinski definition) is 4. The summed E-state index contributed by atoms with van der Waals surface area (Å²) in [6.45, 7) is 0.646. The second-order valence-corrected chi connectivity index (χ2v) is 7.17. The largest absolute Gasteiger partial charge is 0.316 e. The Bertz CT molecular complexity index is 651. The van der Waals surface area contributed by atoms with Crippen LogP contribution in [0, 0.1) is 0 Å². The minimum absolute atomic E-state index is 0.299. The number of hydrogen-bond donors (Lipinski definition) is 2. The fraction of sp³-hybridized carbons (Fsp3) is 0.167. The number of benzene rings is 1. The van der Waals surface area contributed by atoms with Crippen LogP contribution in [0.25, 0.3) is 0 Å². The van der Waals surface area contributed by atoms with E-state index in [4.69, 9.17) is 11.6 Å². The van der Waals surface area contributed by atoms with E-state index in [-0.39, 0.29) is 0 Å². The molecular formula is C12H13ClN2O2S2. The third kappa shape index (κ3) is 3.70. The molecule has 0 aliphatic rings. The first-order chi connectivity index (χ1) is 9.01. The first-order valence-electron chi connectivity index (χ1n) is 5.51. The molecule has 102 valence electrons. The number of thiophene rings is 1. The van der Waals surface area contributed by atoms with Crippen LogP contribution in [0.2, 0.25) is 5.02 Å². The van der Waals surface area contributed by atoms with Crippen molar-refractivity contribution in [1.29, 1.82) is 0 Å². The van der Waals surface area contributed by atoms with Crippen molar-refractivity contribution in [3.63, 3.8) is 0 Å². The molecule has 2 N–H and O–H groups in total. The molecule has 0 saturated carbocycles. The van der Waals surface area contributed by atoms with Gasteiger partial charge in [-0.2, -0.15) is 0 Å². The average molecular weight is 317 g/mol. The van der Waals surface area contributed by atoms with Crippen molar-refractivity contribution in [1.82, 2.24) is 5.32 Å². The van der Waals surface area contributed by atoms with E-state index in [2.05, 4.69) is 10.0 Å². The lowest BCUT2D eigenvalue weighted by Gasteiger charge is -2.05. The van der Waals surface area contributed by atoms with E-state index in [0.29, 0.717) is 21.5 Å². The molecule has 0 radical (unpaired) electrons. The Hall–Kier alpha value is -1.08. The molecule has 2 aromatic rings. The first-order valence-corrected chi connectivity index (χ1v) is 8.26. The minimum atomic E-state index is -3.53. The molecule has 0 fully saturated rings. The van der Waals surface area contributed by atoms with Gasteiger partial charge in [0.05, 0.1) is 0 Å². The zero-order valence-corrected chi connectivity index (χ0v) is 12.6. The van der Waals surface area contributed by atoms with Gasteiger partial charge in [-0.05, 0) is 48.3 Å². The van der Waals surface area contributed by atoms with E-state index in [1.807, 2.05) is 12.4 Å². The summed E-state index contributed by atoms with van der Waals surface area (Å²) in [6.07, 6.45) is 0. The number of sulfonamides is 1. The summed E-state index contributed by atoms with van der Waals surface area (Å²) in [6, 6.07) is 8.20. The summed E-state index contributed by atoms with van der Waals surface area (Å²) in [5.41, 5.74) is 1.44. The van der Waals surface area contributed by atoms with Crippen molar-refractivity contribution >= 4 is 38.6 Å². The van der Waals surface area contributed by atoms with Gasteiger partial charge in [0.2, 0.25) is 0 Å². The van der Waals surface area contributed by atoms with E-state index >= 15 is 0 Å². The maximum absolute atomic E-state index is 12.2. The molecule has 0 aliphatic carbocycles. The predicted molar refractivity (Wildman–Crippen MR) is 79.3 cm³/mol. The van der Waals surface area contributed by atoms with Crippen molar-refractivity contribution in [2.75, 3.05) is 11.8 Å². The van der Waals surface area contributed by atoms with Crippen LogP contribution in [0.1, 0.15) is 5.56 Å². The summed E-state index contributed by atoms with van der Waals surface area (Å²) >= 11 is 6.96. The Morgan fingerprint density at radius 3 is 2.58 bits per heavy atom. The van der Waals surface area contributed by atoms with Crippen LogP contribution in [0.3, 0.4) is 0 Å². The second-order valence-electron chi connectivity index (χ2n) is 3.92. The van der Waals surface area contributed by atoms with Crippen LogP contribution in [0.15, 0.2) is 39.9 Å². The van der Waals surface area contributed by atoms with Crippen LogP contribution in [-0.4, -0.2) is 15.5 Å². The maximum Gasteiger partial charge on any atom is 0.271 e. The quantitative estimate of drug-likeness (QED) is 0.891. The molecule has 0 aliphatic heterocycles. The molecular weight excluding hydrogens is 304 g/mol. The Morgan fingerprint density at radius 2 is 1.95 bits per heavy atom. The third-order valence-electron chi connectivity index (χ3n) is 2.37. The highest BCUT2D eigenvalue weighted by atomic mass is 35.5. The first kappa shape index (κ1) is 14.3. The summed E-state index contributed by atoms with van der Waals surface area (Å²) in [5.74, 6) is 0. The van der Waals surface area contributed by atoms with Gasteiger partial charge in [-0.25, -0.2) is 8.42 Å². The molecule has 2 rings (SSSR count). The molecule has 7 heteroatoms. The van der Waals surface area contributed by atoms with Crippen molar-refractivity contribution in [3.05, 3.63) is 46.3 Å². The van der Waals surface area contributed by atoms with E-state index in [9.17, 15) is 8.42 Å². The number of nitrogens with one attached hydrogen (secondary N) is 2. The molecule has 4 nitrogen and oxygen atoms in total. The van der Waals surface area contributed by atoms with Crippen LogP contribution in [0.4, 0.5) is 5.69 Å². The molecule has 1 aromatic heterocycles. The van der Waals surface area contributed by atoms with Gasteiger partial charge in [-0.3, -0.25) is 4.72 Å². The zero-order chi connectivity index (χ0) is 13.9. The standard InChI is InChI=1S/C12H13ClN2O2S2/c1-14-7-9-6-12(18-8-9)19(16,17)15-11-4-2-10(13)3-5-11/h2-6,8,14-15H,7H2,1H3. The van der Waals surface area contributed by atoms with Gasteiger partial charge in [0.15, 0.2) is 0 Å². The molecule has 0 amide bonds. The van der Waals surface area contributed by atoms with Crippen LogP contribution >= 0.6 is 22.9 Å². The molecule has 0 saturated heterocycles. The fourth-order valence-electron chi connectivity index (χ4n) is 1.51. The lowest BCUT2D eigenvalue weighted by Crippen LogP contribution is -2.11. The van der Waals surface area contributed by atoms with E-state index in [0.717, 1.165) is 5.56 Å². The highest BCUT2D eigenvalue weighted by molar-refractivity contribution is 7.94. The molecule has 0 bridgehead atoms. The predicted octanol–water partition coefficient (Wildman–Crippen LogP) is 2.92. The Labute approximate surface area is 121 Å². The third-order valence-corrected chi connectivity index (χ3v) is 5.49. The topological polar surface area (TPSA) is 58.2 Å². The van der Waals surface area contributed by atoms with Crippen LogP contribution in [0.5, 0.6) is 0 Å². The van der Waals surface area contributed by atoms with Gasteiger partial charge >= 0.3 is 0 Å². The smallest absolute Gasteiger partial charge is 0.271 e. The van der Waals surface area contributed by atoms with E-state index in [1.165, 1.54) is 11.3 Å². The lowest BCUT2D eigenvalue weighted by atomic mass is 10.3. The summed E-state index contributed by atoms with van der Waals surface area (Å²) in [5, 5.41) is 5.37. The molecule has 0 unspecified atom stereocenters. The van der Waals surface area contributed by atoms with Gasteiger partial charge in [0, 0.05) is 17.3 Å². The van der Waals surface area contributed by atoms with Crippen molar-refractivity contribution in [2.45, 2.75) is 10.8 Å². The molecule has 0 atom stereocenters. The van der Waals surface area contributed by atoms with Gasteiger partial charge < -0.3 is 5.32 Å². The van der Waals surface area contributed by atoms with Crippen molar-refractivity contribution in [2.24, 2.45) is 0 Å². The van der Waals surface area contributed by atoms with Gasteiger partial charge in [0.1, 0.15) is 4.21 Å². The monoisotopic (exact) mass is 316 g/mol. The average Bonchev–Trinajstić information content (AvgIpc) is 2.82. The molecule has 19 heavy (non-hydrogen) atoms. The number of halogens is 1. The Kier molecular flexibility index (Phi) is 4.46. The van der Waals surface area contributed by atoms with E-state index < -0.39 is 10.0 Å². The fourth-order valence-corrected chi connectivity index (χ4v) is 3.91. The zero-order valence-electron chi connectivity index (χ0n) is 10.2. The SMILES string of the molecule is CNCc1csc(S(=O)(=O)Nc2ccc(Cl)cc2)c1. The number of anilines is 1. The van der Waals surface area contributed by atoms with Crippen molar-refractivity contribution in [3.8, 4) is 0 Å².